The highest BCUT2D eigenvalue weighted by atomic mass is 32.1. The van der Waals surface area contributed by atoms with E-state index in [0.29, 0.717) is 5.65 Å². The normalized spacial score (nSPS) is 11.4. The first kappa shape index (κ1) is 21.7. The van der Waals surface area contributed by atoms with Gasteiger partial charge < -0.3 is 10.1 Å². The van der Waals surface area contributed by atoms with Crippen molar-refractivity contribution in [1.29, 1.82) is 0 Å². The van der Waals surface area contributed by atoms with Gasteiger partial charge in [-0.05, 0) is 36.8 Å². The summed E-state index contributed by atoms with van der Waals surface area (Å²) in [6, 6.07) is 4.22. The topological polar surface area (TPSA) is 77.2 Å². The number of fused-ring (bicyclic) bond motifs is 1. The summed E-state index contributed by atoms with van der Waals surface area (Å²) in [7, 11) is 0. The second-order valence-electron chi connectivity index (χ2n) is 6.56. The number of anilines is 1. The van der Waals surface area contributed by atoms with E-state index in [1.54, 1.807) is 43.1 Å². The highest BCUT2D eigenvalue weighted by molar-refractivity contribution is 7.89. The van der Waals surface area contributed by atoms with E-state index >= 15 is 0 Å². The minimum atomic E-state index is -4.51. The van der Waals surface area contributed by atoms with Gasteiger partial charge in [-0.25, -0.2) is 15.0 Å². The van der Waals surface area contributed by atoms with Crippen molar-refractivity contribution in [3.8, 4) is 17.1 Å². The third-order valence-corrected chi connectivity index (χ3v) is 5.09. The number of halogens is 3. The highest BCUT2D eigenvalue weighted by Crippen LogP contribution is 2.32. The van der Waals surface area contributed by atoms with Crippen molar-refractivity contribution in [1.82, 2.24) is 24.3 Å². The molecule has 7 nitrogen and oxygen atoms in total. The number of nitrogens with one attached hydrogen (secondary N) is 1. The van der Waals surface area contributed by atoms with Gasteiger partial charge in [0.25, 0.3) is 0 Å². The van der Waals surface area contributed by atoms with Gasteiger partial charge in [0.2, 0.25) is 10.9 Å². The summed E-state index contributed by atoms with van der Waals surface area (Å²) < 4.78 is 46.6. The van der Waals surface area contributed by atoms with Crippen LogP contribution < -0.4 is 10.1 Å². The van der Waals surface area contributed by atoms with Crippen molar-refractivity contribution < 1.29 is 17.9 Å². The lowest BCUT2D eigenvalue weighted by Gasteiger charge is -2.13. The van der Waals surface area contributed by atoms with Gasteiger partial charge in [0.15, 0.2) is 10.6 Å². The molecule has 0 fully saturated rings. The summed E-state index contributed by atoms with van der Waals surface area (Å²) in [6.07, 6.45) is 4.94. The molecule has 0 atom stereocenters. The Kier molecular flexibility index (Phi) is 5.80. The Morgan fingerprint density at radius 1 is 1.06 bits per heavy atom. The fraction of sp³-hybridized carbons (Fsp3) is 0.100. The van der Waals surface area contributed by atoms with Gasteiger partial charge in [-0.3, -0.25) is 9.38 Å². The van der Waals surface area contributed by atoms with Gasteiger partial charge in [-0.1, -0.05) is 12.2 Å². The quantitative estimate of drug-likeness (QED) is 0.430. The van der Waals surface area contributed by atoms with Gasteiger partial charge in [0.05, 0.1) is 23.7 Å². The molecule has 0 unspecified atom stereocenters. The monoisotopic (exact) mass is 474 g/mol. The van der Waals surface area contributed by atoms with Crippen molar-refractivity contribution in [2.45, 2.75) is 13.1 Å². The SMILES string of the molecule is Cc1cnc(NC(=S)C(=S)Oc2ccc(-c3cnc4cnccn34)cn2)cc1C(F)(F)F. The Morgan fingerprint density at radius 3 is 2.59 bits per heavy atom. The number of ether oxygens (including phenoxy) is 1. The van der Waals surface area contributed by atoms with Gasteiger partial charge in [0.1, 0.15) is 5.82 Å². The molecule has 162 valence electrons. The summed E-state index contributed by atoms with van der Waals surface area (Å²) in [5.41, 5.74) is 1.47. The first-order valence-electron chi connectivity index (χ1n) is 9.03. The predicted octanol–water partition coefficient (Wildman–Crippen LogP) is 4.66. The molecule has 0 radical (unpaired) electrons. The lowest BCUT2D eigenvalue weighted by Crippen LogP contribution is -2.25. The smallest absolute Gasteiger partial charge is 0.416 e. The van der Waals surface area contributed by atoms with Crippen LogP contribution in [0.4, 0.5) is 19.0 Å². The molecule has 1 N–H and O–H groups in total. The standard InChI is InChI=1S/C20H13F3N6OS2/c1-11-7-25-15(6-13(11)20(21,22)23)28-18(31)19(32)30-17-3-2-12(8-27-17)14-9-26-16-10-24-4-5-29(14)16/h2-10H,1H3,(H,25,28,31). The minimum Gasteiger partial charge on any atom is -0.424 e. The second kappa shape index (κ2) is 8.55. The predicted molar refractivity (Wildman–Crippen MR) is 120 cm³/mol. The summed E-state index contributed by atoms with van der Waals surface area (Å²) in [5, 5.41) is 2.41. The number of hydrogen-bond donors (Lipinski definition) is 1. The molecule has 12 heteroatoms. The number of nitrogens with zero attached hydrogens (tertiary/aromatic N) is 5. The van der Waals surface area contributed by atoms with Crippen molar-refractivity contribution in [3.05, 3.63) is 66.5 Å². The average molecular weight is 474 g/mol. The third-order valence-electron chi connectivity index (χ3n) is 4.38. The Balaban J connectivity index is 1.44. The Morgan fingerprint density at radius 2 is 1.88 bits per heavy atom. The van der Waals surface area contributed by atoms with Crippen LogP contribution in [0.25, 0.3) is 16.9 Å². The lowest BCUT2D eigenvalue weighted by molar-refractivity contribution is -0.138. The molecule has 32 heavy (non-hydrogen) atoms. The molecule has 0 aliphatic carbocycles. The molecule has 4 aromatic rings. The Hall–Kier alpha value is -3.51. The zero-order valence-electron chi connectivity index (χ0n) is 16.3. The maximum atomic E-state index is 13.1. The minimum absolute atomic E-state index is 0.000637. The molecule has 0 aliphatic rings. The molecule has 0 saturated carbocycles. The van der Waals surface area contributed by atoms with Crippen LogP contribution in [0.5, 0.6) is 5.88 Å². The summed E-state index contributed by atoms with van der Waals surface area (Å²) in [6.45, 7) is 1.32. The van der Waals surface area contributed by atoms with Crippen LogP contribution in [0.1, 0.15) is 11.1 Å². The van der Waals surface area contributed by atoms with E-state index in [4.69, 9.17) is 29.2 Å². The maximum absolute atomic E-state index is 13.1. The van der Waals surface area contributed by atoms with Crippen LogP contribution in [0, 0.1) is 6.92 Å². The molecular formula is C20H13F3N6OS2. The van der Waals surface area contributed by atoms with Crippen molar-refractivity contribution in [2.75, 3.05) is 5.32 Å². The first-order valence-corrected chi connectivity index (χ1v) is 9.84. The molecule has 0 bridgehead atoms. The first-order chi connectivity index (χ1) is 15.2. The molecular weight excluding hydrogens is 461 g/mol. The van der Waals surface area contributed by atoms with Gasteiger partial charge in [-0.15, -0.1) is 0 Å². The zero-order valence-corrected chi connectivity index (χ0v) is 17.9. The molecule has 0 aliphatic heterocycles. The van der Waals surface area contributed by atoms with Crippen molar-refractivity contribution in [2.24, 2.45) is 0 Å². The average Bonchev–Trinajstić information content (AvgIpc) is 3.19. The number of alkyl halides is 3. The van der Waals surface area contributed by atoms with Crippen LogP contribution >= 0.6 is 24.4 Å². The van der Waals surface area contributed by atoms with E-state index in [2.05, 4.69) is 25.3 Å². The zero-order chi connectivity index (χ0) is 22.9. The number of hydrogen-bond acceptors (Lipinski definition) is 7. The molecule has 4 heterocycles. The van der Waals surface area contributed by atoms with Gasteiger partial charge in [0, 0.05) is 36.4 Å². The molecule has 4 aromatic heterocycles. The van der Waals surface area contributed by atoms with Crippen LogP contribution in [-0.4, -0.2) is 34.4 Å². The van der Waals surface area contributed by atoms with Crippen LogP contribution in [0.15, 0.2) is 55.4 Å². The largest absolute Gasteiger partial charge is 0.424 e. The number of pyridine rings is 2. The second-order valence-corrected chi connectivity index (χ2v) is 7.34. The van der Waals surface area contributed by atoms with Crippen LogP contribution in [0.3, 0.4) is 0 Å². The maximum Gasteiger partial charge on any atom is 0.416 e. The third kappa shape index (κ3) is 4.55. The fourth-order valence-electron chi connectivity index (χ4n) is 2.85. The summed E-state index contributed by atoms with van der Waals surface area (Å²) >= 11 is 10.3. The number of imidazole rings is 1. The lowest BCUT2D eigenvalue weighted by atomic mass is 10.1. The van der Waals surface area contributed by atoms with E-state index in [9.17, 15) is 13.2 Å². The number of rotatable bonds is 3. The van der Waals surface area contributed by atoms with E-state index < -0.39 is 11.7 Å². The van der Waals surface area contributed by atoms with Crippen LogP contribution in [-0.2, 0) is 6.18 Å². The molecule has 0 spiro atoms. The number of aryl methyl sites for hydroxylation is 1. The molecule has 0 amide bonds. The van der Waals surface area contributed by atoms with E-state index in [0.717, 1.165) is 23.5 Å². The van der Waals surface area contributed by atoms with E-state index in [1.807, 2.05) is 4.40 Å². The summed E-state index contributed by atoms with van der Waals surface area (Å²) in [4.78, 5) is 16.3. The Bertz CT molecular complexity index is 1320. The number of thiocarbonyl (C=S) groups is 2. The fourth-order valence-corrected chi connectivity index (χ4v) is 3.14. The Labute approximate surface area is 190 Å². The number of aromatic nitrogens is 5. The van der Waals surface area contributed by atoms with Gasteiger partial charge >= 0.3 is 6.18 Å². The molecule has 0 aromatic carbocycles. The molecule has 4 rings (SSSR count). The van der Waals surface area contributed by atoms with Crippen LogP contribution in [0.2, 0.25) is 0 Å². The highest BCUT2D eigenvalue weighted by Gasteiger charge is 2.33. The van der Waals surface area contributed by atoms with Crippen molar-refractivity contribution >= 4 is 45.9 Å². The van der Waals surface area contributed by atoms with E-state index in [-0.39, 0.29) is 27.3 Å². The van der Waals surface area contributed by atoms with E-state index in [1.165, 1.54) is 6.92 Å². The molecule has 0 saturated heterocycles. The van der Waals surface area contributed by atoms with Gasteiger partial charge in [-0.2, -0.15) is 13.2 Å². The summed E-state index contributed by atoms with van der Waals surface area (Å²) in [5.74, 6) is 0.0792. The van der Waals surface area contributed by atoms with Crippen molar-refractivity contribution in [3.63, 3.8) is 0 Å².